The number of carbonyl (C=O) groups excluding carboxylic acids is 1. The first-order valence-corrected chi connectivity index (χ1v) is 7.77. The van der Waals surface area contributed by atoms with Crippen molar-refractivity contribution in [2.45, 2.75) is 60.0 Å². The number of aromatic nitrogens is 4. The third kappa shape index (κ3) is 2.91. The van der Waals surface area contributed by atoms with Gasteiger partial charge in [-0.15, -0.1) is 0 Å². The number of aldehydes is 1. The van der Waals surface area contributed by atoms with E-state index in [4.69, 9.17) is 0 Å². The Kier molecular flexibility index (Phi) is 4.94. The van der Waals surface area contributed by atoms with Crippen LogP contribution in [0.25, 0.3) is 0 Å². The van der Waals surface area contributed by atoms with Crippen molar-refractivity contribution >= 4 is 6.29 Å². The van der Waals surface area contributed by atoms with Gasteiger partial charge in [-0.05, 0) is 32.3 Å². The first-order chi connectivity index (χ1) is 10.2. The highest BCUT2D eigenvalue weighted by molar-refractivity contribution is 5.78. The van der Waals surface area contributed by atoms with E-state index >= 15 is 0 Å². The Balaban J connectivity index is 2.41. The first kappa shape index (κ1) is 15.5. The minimum Gasteiger partial charge on any atom is -0.298 e. The zero-order valence-corrected chi connectivity index (χ0v) is 13.4. The second kappa shape index (κ2) is 6.70. The number of rotatable bonds is 7. The molecule has 0 saturated heterocycles. The Labute approximate surface area is 126 Å². The van der Waals surface area contributed by atoms with Crippen LogP contribution >= 0.6 is 0 Å². The maximum Gasteiger partial charge on any atom is 0.153 e. The minimum atomic E-state index is 0.671. The Morgan fingerprint density at radius 3 is 2.33 bits per heavy atom. The van der Waals surface area contributed by atoms with E-state index in [1.807, 2.05) is 16.3 Å². The van der Waals surface area contributed by atoms with Crippen LogP contribution in [0.2, 0.25) is 0 Å². The second-order valence-electron chi connectivity index (χ2n) is 5.09. The molecule has 2 heterocycles. The lowest BCUT2D eigenvalue weighted by Crippen LogP contribution is -2.11. The number of hydrogen-bond donors (Lipinski definition) is 0. The maximum absolute atomic E-state index is 11.3. The Morgan fingerprint density at radius 1 is 1.05 bits per heavy atom. The van der Waals surface area contributed by atoms with Gasteiger partial charge >= 0.3 is 0 Å². The van der Waals surface area contributed by atoms with Crippen LogP contribution < -0.4 is 0 Å². The molecule has 114 valence electrons. The van der Waals surface area contributed by atoms with Crippen molar-refractivity contribution in [2.75, 3.05) is 0 Å². The SMILES string of the molecule is CCc1cc(Cn2nc(CC)c(C=O)c2CC)n(CC)n1. The third-order valence-electron chi connectivity index (χ3n) is 3.85. The third-order valence-corrected chi connectivity index (χ3v) is 3.85. The van der Waals surface area contributed by atoms with Gasteiger partial charge in [0.15, 0.2) is 6.29 Å². The fourth-order valence-electron chi connectivity index (χ4n) is 2.71. The van der Waals surface area contributed by atoms with Crippen LogP contribution in [0.15, 0.2) is 6.07 Å². The molecule has 0 bridgehead atoms. The number of nitrogens with zero attached hydrogens (tertiary/aromatic N) is 4. The molecule has 2 aromatic rings. The van der Waals surface area contributed by atoms with Gasteiger partial charge in [-0.3, -0.25) is 14.2 Å². The summed E-state index contributed by atoms with van der Waals surface area (Å²) in [4.78, 5) is 11.3. The molecule has 21 heavy (non-hydrogen) atoms. The minimum absolute atomic E-state index is 0.671. The van der Waals surface area contributed by atoms with Crippen molar-refractivity contribution in [3.63, 3.8) is 0 Å². The standard InChI is InChI=1S/C16H24N4O/c1-5-12-9-13(19(8-4)17-12)10-20-16(7-3)14(11-21)15(6-2)18-20/h9,11H,5-8,10H2,1-4H3. The van der Waals surface area contributed by atoms with Crippen LogP contribution in [0.4, 0.5) is 0 Å². The molecule has 2 aromatic heterocycles. The molecule has 0 aliphatic rings. The molecule has 0 atom stereocenters. The van der Waals surface area contributed by atoms with Gasteiger partial charge in [0.1, 0.15) is 0 Å². The zero-order valence-electron chi connectivity index (χ0n) is 13.4. The predicted octanol–water partition coefficient (Wildman–Crippen LogP) is 2.65. The van der Waals surface area contributed by atoms with E-state index in [9.17, 15) is 4.79 Å². The normalized spacial score (nSPS) is 11.0. The lowest BCUT2D eigenvalue weighted by atomic mass is 10.1. The van der Waals surface area contributed by atoms with E-state index in [0.717, 1.165) is 60.4 Å². The average Bonchev–Trinajstić information content (AvgIpc) is 3.07. The van der Waals surface area contributed by atoms with Gasteiger partial charge in [-0.25, -0.2) is 0 Å². The quantitative estimate of drug-likeness (QED) is 0.736. The van der Waals surface area contributed by atoms with Crippen LogP contribution in [0, 0.1) is 0 Å². The summed E-state index contributed by atoms with van der Waals surface area (Å²) in [7, 11) is 0. The first-order valence-electron chi connectivity index (χ1n) is 7.77. The van der Waals surface area contributed by atoms with E-state index in [1.165, 1.54) is 0 Å². The molecule has 0 radical (unpaired) electrons. The molecule has 0 spiro atoms. The molecule has 0 aliphatic carbocycles. The van der Waals surface area contributed by atoms with Gasteiger partial charge in [0.25, 0.3) is 0 Å². The van der Waals surface area contributed by atoms with Crippen molar-refractivity contribution < 1.29 is 4.79 Å². The van der Waals surface area contributed by atoms with Crippen LogP contribution in [0.3, 0.4) is 0 Å². The monoisotopic (exact) mass is 288 g/mol. The topological polar surface area (TPSA) is 52.7 Å². The molecule has 2 rings (SSSR count). The maximum atomic E-state index is 11.3. The molecule has 0 aliphatic heterocycles. The van der Waals surface area contributed by atoms with Gasteiger partial charge in [-0.1, -0.05) is 20.8 Å². The van der Waals surface area contributed by atoms with Crippen LogP contribution in [0.5, 0.6) is 0 Å². The fourth-order valence-corrected chi connectivity index (χ4v) is 2.71. The highest BCUT2D eigenvalue weighted by Gasteiger charge is 2.16. The summed E-state index contributed by atoms with van der Waals surface area (Å²) < 4.78 is 3.98. The van der Waals surface area contributed by atoms with Crippen LogP contribution in [-0.2, 0) is 32.4 Å². The number of aryl methyl sites for hydroxylation is 3. The zero-order chi connectivity index (χ0) is 15.4. The van der Waals surface area contributed by atoms with E-state index in [0.29, 0.717) is 6.54 Å². The van der Waals surface area contributed by atoms with Crippen molar-refractivity contribution in [1.82, 2.24) is 19.6 Å². The number of hydrogen-bond acceptors (Lipinski definition) is 3. The summed E-state index contributed by atoms with van der Waals surface area (Å²) in [5, 5.41) is 9.19. The van der Waals surface area contributed by atoms with Gasteiger partial charge < -0.3 is 0 Å². The second-order valence-corrected chi connectivity index (χ2v) is 5.09. The van der Waals surface area contributed by atoms with E-state index in [-0.39, 0.29) is 0 Å². The summed E-state index contributed by atoms with van der Waals surface area (Å²) in [6.45, 7) is 9.81. The number of carbonyl (C=O) groups is 1. The van der Waals surface area contributed by atoms with Gasteiger partial charge in [0.05, 0.1) is 29.2 Å². The molecule has 0 saturated carbocycles. The molecule has 0 N–H and O–H groups in total. The lowest BCUT2D eigenvalue weighted by Gasteiger charge is -2.08. The summed E-state index contributed by atoms with van der Waals surface area (Å²) in [5.74, 6) is 0. The van der Waals surface area contributed by atoms with Crippen molar-refractivity contribution in [1.29, 1.82) is 0 Å². The Morgan fingerprint density at radius 2 is 1.81 bits per heavy atom. The smallest absolute Gasteiger partial charge is 0.153 e. The molecule has 5 nitrogen and oxygen atoms in total. The molecular formula is C16H24N4O. The summed E-state index contributed by atoms with van der Waals surface area (Å²) >= 11 is 0. The van der Waals surface area contributed by atoms with E-state index in [2.05, 4.69) is 37.0 Å². The molecular weight excluding hydrogens is 264 g/mol. The fraction of sp³-hybridized carbons (Fsp3) is 0.562. The van der Waals surface area contributed by atoms with Crippen molar-refractivity contribution in [3.05, 3.63) is 34.4 Å². The predicted molar refractivity (Wildman–Crippen MR) is 82.8 cm³/mol. The summed E-state index contributed by atoms with van der Waals surface area (Å²) in [5.41, 5.74) is 4.91. The van der Waals surface area contributed by atoms with Gasteiger partial charge in [-0.2, -0.15) is 10.2 Å². The van der Waals surface area contributed by atoms with Crippen molar-refractivity contribution in [3.8, 4) is 0 Å². The summed E-state index contributed by atoms with van der Waals surface area (Å²) in [6, 6.07) is 2.14. The Hall–Kier alpha value is -1.91. The van der Waals surface area contributed by atoms with Gasteiger partial charge in [0, 0.05) is 12.2 Å². The highest BCUT2D eigenvalue weighted by atomic mass is 16.1. The molecule has 5 heteroatoms. The Bertz CT molecular complexity index is 625. The highest BCUT2D eigenvalue weighted by Crippen LogP contribution is 2.16. The van der Waals surface area contributed by atoms with Crippen molar-refractivity contribution in [2.24, 2.45) is 0 Å². The lowest BCUT2D eigenvalue weighted by molar-refractivity contribution is 0.112. The average molecular weight is 288 g/mol. The molecule has 0 unspecified atom stereocenters. The van der Waals surface area contributed by atoms with Gasteiger partial charge in [0.2, 0.25) is 0 Å². The van der Waals surface area contributed by atoms with Crippen LogP contribution in [-0.4, -0.2) is 25.8 Å². The van der Waals surface area contributed by atoms with Crippen LogP contribution in [0.1, 0.15) is 60.8 Å². The summed E-state index contributed by atoms with van der Waals surface area (Å²) in [6.07, 6.45) is 3.46. The van der Waals surface area contributed by atoms with E-state index < -0.39 is 0 Å². The van der Waals surface area contributed by atoms with E-state index in [1.54, 1.807) is 0 Å². The molecule has 0 amide bonds. The molecule has 0 aromatic carbocycles. The molecule has 0 fully saturated rings. The largest absolute Gasteiger partial charge is 0.298 e.